The third-order valence-electron chi connectivity index (χ3n) is 5.04. The second kappa shape index (κ2) is 8.97. The van der Waals surface area contributed by atoms with Crippen LogP contribution >= 0.6 is 11.3 Å². The minimum atomic E-state index is -0.257. The summed E-state index contributed by atoms with van der Waals surface area (Å²) >= 11 is 1.79. The zero-order valence-corrected chi connectivity index (χ0v) is 18.1. The molecule has 0 saturated carbocycles. The topological polar surface area (TPSA) is 50.8 Å². The maximum atomic E-state index is 12.9. The second-order valence-electron chi connectivity index (χ2n) is 7.57. The number of benzene rings is 1. The zero-order valence-electron chi connectivity index (χ0n) is 17.3. The largest absolute Gasteiger partial charge is 0.493 e. The molecule has 2 aromatic rings. The first-order valence-corrected chi connectivity index (χ1v) is 10.7. The number of amides is 1. The van der Waals surface area contributed by atoms with Gasteiger partial charge in [0.25, 0.3) is 0 Å². The Morgan fingerprint density at radius 1 is 1.18 bits per heavy atom. The van der Waals surface area contributed by atoms with Gasteiger partial charge in [0.2, 0.25) is 5.91 Å². The molecule has 2 unspecified atom stereocenters. The molecule has 0 aliphatic carbocycles. The fraction of sp³-hybridized carbons (Fsp3) is 0.500. The standard InChI is InChI=1S/C22H30N2O3S/c1-14(2)27-19-7-6-17(12-20(19)26-5)15(3)23-16(4)22(25)24-10-8-21-18(13-24)9-11-28-21/h6-7,9,11-12,14-16,23H,8,10,13H2,1-5H3. The molecule has 1 aliphatic heterocycles. The predicted molar refractivity (Wildman–Crippen MR) is 113 cm³/mol. The molecule has 1 aromatic carbocycles. The maximum Gasteiger partial charge on any atom is 0.239 e. The molecule has 0 fully saturated rings. The molecule has 1 aromatic heterocycles. The fourth-order valence-corrected chi connectivity index (χ4v) is 4.45. The smallest absolute Gasteiger partial charge is 0.239 e. The maximum absolute atomic E-state index is 12.9. The van der Waals surface area contributed by atoms with Gasteiger partial charge in [0.1, 0.15) is 0 Å². The molecule has 2 atom stereocenters. The first kappa shape index (κ1) is 20.7. The average Bonchev–Trinajstić information content (AvgIpc) is 3.14. The third-order valence-corrected chi connectivity index (χ3v) is 6.06. The normalized spacial score (nSPS) is 15.9. The number of nitrogens with zero attached hydrogens (tertiary/aromatic N) is 1. The summed E-state index contributed by atoms with van der Waals surface area (Å²) in [5.41, 5.74) is 2.35. The zero-order chi connectivity index (χ0) is 20.3. The Morgan fingerprint density at radius 3 is 2.68 bits per heavy atom. The van der Waals surface area contributed by atoms with Crippen molar-refractivity contribution in [1.82, 2.24) is 10.2 Å². The van der Waals surface area contributed by atoms with E-state index in [9.17, 15) is 4.79 Å². The van der Waals surface area contributed by atoms with Gasteiger partial charge in [-0.1, -0.05) is 6.07 Å². The quantitative estimate of drug-likeness (QED) is 0.755. The average molecular weight is 403 g/mol. The first-order chi connectivity index (χ1) is 13.4. The first-order valence-electron chi connectivity index (χ1n) is 9.83. The van der Waals surface area contributed by atoms with Crippen LogP contribution < -0.4 is 14.8 Å². The van der Waals surface area contributed by atoms with Crippen molar-refractivity contribution < 1.29 is 14.3 Å². The van der Waals surface area contributed by atoms with E-state index >= 15 is 0 Å². The Morgan fingerprint density at radius 2 is 1.96 bits per heavy atom. The molecule has 0 saturated heterocycles. The van der Waals surface area contributed by atoms with Crippen molar-refractivity contribution in [3.05, 3.63) is 45.6 Å². The van der Waals surface area contributed by atoms with Crippen LogP contribution in [0.5, 0.6) is 11.5 Å². The Labute approximate surface area is 171 Å². The Balaban J connectivity index is 1.63. The van der Waals surface area contributed by atoms with Crippen LogP contribution in [0.1, 0.15) is 49.7 Å². The van der Waals surface area contributed by atoms with Gasteiger partial charge in [-0.3, -0.25) is 10.1 Å². The lowest BCUT2D eigenvalue weighted by Crippen LogP contribution is -2.47. The van der Waals surface area contributed by atoms with Crippen LogP contribution in [0.25, 0.3) is 0 Å². The van der Waals surface area contributed by atoms with Crippen LogP contribution in [-0.2, 0) is 17.8 Å². The molecule has 152 valence electrons. The molecule has 1 N–H and O–H groups in total. The van der Waals surface area contributed by atoms with Crippen molar-refractivity contribution in [2.24, 2.45) is 0 Å². The van der Waals surface area contributed by atoms with Crippen molar-refractivity contribution in [2.45, 2.75) is 58.8 Å². The summed E-state index contributed by atoms with van der Waals surface area (Å²) in [5.74, 6) is 1.59. The van der Waals surface area contributed by atoms with E-state index in [1.165, 1.54) is 10.4 Å². The van der Waals surface area contributed by atoms with Crippen molar-refractivity contribution in [1.29, 1.82) is 0 Å². The van der Waals surface area contributed by atoms with E-state index in [0.717, 1.165) is 24.3 Å². The summed E-state index contributed by atoms with van der Waals surface area (Å²) in [6, 6.07) is 7.82. The van der Waals surface area contributed by atoms with Crippen LogP contribution in [0.4, 0.5) is 0 Å². The molecule has 2 heterocycles. The van der Waals surface area contributed by atoms with E-state index in [1.54, 1.807) is 18.4 Å². The molecule has 3 rings (SSSR count). The molecule has 6 heteroatoms. The summed E-state index contributed by atoms with van der Waals surface area (Å²) in [6.45, 7) is 9.49. The highest BCUT2D eigenvalue weighted by molar-refractivity contribution is 7.10. The Kier molecular flexibility index (Phi) is 6.62. The van der Waals surface area contributed by atoms with E-state index in [2.05, 4.69) is 23.7 Å². The number of rotatable bonds is 7. The number of carbonyl (C=O) groups excluding carboxylic acids is 1. The lowest BCUT2D eigenvalue weighted by molar-refractivity contribution is -0.134. The highest BCUT2D eigenvalue weighted by Gasteiger charge is 2.26. The van der Waals surface area contributed by atoms with Crippen LogP contribution in [-0.4, -0.2) is 36.6 Å². The van der Waals surface area contributed by atoms with Crippen LogP contribution in [0, 0.1) is 0 Å². The molecule has 0 spiro atoms. The molecule has 0 bridgehead atoms. The number of thiophene rings is 1. The van der Waals surface area contributed by atoms with E-state index in [0.29, 0.717) is 12.3 Å². The van der Waals surface area contributed by atoms with Gasteiger partial charge in [-0.05, 0) is 68.8 Å². The number of hydrogen-bond donors (Lipinski definition) is 1. The van der Waals surface area contributed by atoms with Gasteiger partial charge in [-0.2, -0.15) is 0 Å². The number of ether oxygens (including phenoxy) is 2. The van der Waals surface area contributed by atoms with E-state index in [4.69, 9.17) is 9.47 Å². The lowest BCUT2D eigenvalue weighted by Gasteiger charge is -2.31. The van der Waals surface area contributed by atoms with Gasteiger partial charge in [0.05, 0.1) is 19.3 Å². The highest BCUT2D eigenvalue weighted by atomic mass is 32.1. The highest BCUT2D eigenvalue weighted by Crippen LogP contribution is 2.31. The van der Waals surface area contributed by atoms with Crippen molar-refractivity contribution in [3.8, 4) is 11.5 Å². The fourth-order valence-electron chi connectivity index (χ4n) is 3.56. The van der Waals surface area contributed by atoms with Crippen molar-refractivity contribution in [2.75, 3.05) is 13.7 Å². The lowest BCUT2D eigenvalue weighted by atomic mass is 10.1. The number of hydrogen-bond acceptors (Lipinski definition) is 5. The Bertz CT molecular complexity index is 818. The van der Waals surface area contributed by atoms with Gasteiger partial charge in [-0.25, -0.2) is 0 Å². The predicted octanol–water partition coefficient (Wildman–Crippen LogP) is 4.17. The van der Waals surface area contributed by atoms with Crippen LogP contribution in [0.15, 0.2) is 29.6 Å². The molecule has 28 heavy (non-hydrogen) atoms. The van der Waals surface area contributed by atoms with Crippen molar-refractivity contribution in [3.63, 3.8) is 0 Å². The summed E-state index contributed by atoms with van der Waals surface area (Å²) in [4.78, 5) is 16.3. The van der Waals surface area contributed by atoms with Gasteiger partial charge in [0.15, 0.2) is 11.5 Å². The molecular formula is C22H30N2O3S. The summed E-state index contributed by atoms with van der Waals surface area (Å²) < 4.78 is 11.3. The number of methoxy groups -OCH3 is 1. The minimum Gasteiger partial charge on any atom is -0.493 e. The summed E-state index contributed by atoms with van der Waals surface area (Å²) in [6.07, 6.45) is 1.04. The van der Waals surface area contributed by atoms with E-state index in [1.807, 2.05) is 43.9 Å². The monoisotopic (exact) mass is 402 g/mol. The van der Waals surface area contributed by atoms with Gasteiger partial charge >= 0.3 is 0 Å². The minimum absolute atomic E-state index is 0.0162. The van der Waals surface area contributed by atoms with Gasteiger partial charge in [0, 0.05) is 24.0 Å². The molecule has 1 aliphatic rings. The van der Waals surface area contributed by atoms with E-state index < -0.39 is 0 Å². The molecule has 0 radical (unpaired) electrons. The molecule has 1 amide bonds. The number of nitrogens with one attached hydrogen (secondary N) is 1. The molecular weight excluding hydrogens is 372 g/mol. The van der Waals surface area contributed by atoms with Crippen LogP contribution in [0.3, 0.4) is 0 Å². The molecule has 5 nitrogen and oxygen atoms in total. The van der Waals surface area contributed by atoms with Crippen LogP contribution in [0.2, 0.25) is 0 Å². The van der Waals surface area contributed by atoms with Gasteiger partial charge in [-0.15, -0.1) is 11.3 Å². The summed E-state index contributed by atoms with van der Waals surface area (Å²) in [7, 11) is 1.64. The van der Waals surface area contributed by atoms with Crippen molar-refractivity contribution >= 4 is 17.2 Å². The summed E-state index contributed by atoms with van der Waals surface area (Å²) in [5, 5.41) is 5.55. The second-order valence-corrected chi connectivity index (χ2v) is 8.57. The Hall–Kier alpha value is -2.05. The number of fused-ring (bicyclic) bond motifs is 1. The van der Waals surface area contributed by atoms with Gasteiger partial charge < -0.3 is 14.4 Å². The van der Waals surface area contributed by atoms with E-state index in [-0.39, 0.29) is 24.1 Å². The number of carbonyl (C=O) groups is 1. The third kappa shape index (κ3) is 4.67. The SMILES string of the molecule is COc1cc(C(C)NC(C)C(=O)N2CCc3sccc3C2)ccc1OC(C)C.